The lowest BCUT2D eigenvalue weighted by Gasteiger charge is -2.20. The maximum Gasteiger partial charge on any atom is 0.349 e. The Morgan fingerprint density at radius 1 is 1.12 bits per heavy atom. The normalized spacial score (nSPS) is 11.0. The van der Waals surface area contributed by atoms with Crippen LogP contribution in [0.3, 0.4) is 0 Å². The summed E-state index contributed by atoms with van der Waals surface area (Å²) in [6, 6.07) is 11.4. The van der Waals surface area contributed by atoms with E-state index >= 15 is 0 Å². The molecule has 0 saturated carbocycles. The Kier molecular flexibility index (Phi) is 5.85. The lowest BCUT2D eigenvalue weighted by Crippen LogP contribution is -2.18. The molecule has 0 amide bonds. The van der Waals surface area contributed by atoms with Crippen molar-refractivity contribution in [2.24, 2.45) is 0 Å². The number of hydrogen-bond acceptors (Lipinski definition) is 4. The lowest BCUT2D eigenvalue weighted by atomic mass is 9.87. The fourth-order valence-electron chi connectivity index (χ4n) is 2.07. The first-order valence-electron chi connectivity index (χ1n) is 7.63. The highest BCUT2D eigenvalue weighted by molar-refractivity contribution is 9.10. The highest BCUT2D eigenvalue weighted by atomic mass is 79.9. The van der Waals surface area contributed by atoms with E-state index in [9.17, 15) is 9.59 Å². The van der Waals surface area contributed by atoms with Crippen LogP contribution in [0.25, 0.3) is 0 Å². The Labute approximate surface area is 154 Å². The molecular formula is C19H19BrO5. The van der Waals surface area contributed by atoms with E-state index in [4.69, 9.17) is 14.6 Å². The average molecular weight is 407 g/mol. The smallest absolute Gasteiger partial charge is 0.349 e. The summed E-state index contributed by atoms with van der Waals surface area (Å²) in [4.78, 5) is 22.8. The molecule has 2 aromatic rings. The first kappa shape index (κ1) is 19.0. The summed E-state index contributed by atoms with van der Waals surface area (Å²) >= 11 is 3.44. The number of hydrogen-bond donors (Lipinski definition) is 1. The summed E-state index contributed by atoms with van der Waals surface area (Å²) < 4.78 is 11.3. The maximum absolute atomic E-state index is 11.9. The van der Waals surface area contributed by atoms with Crippen molar-refractivity contribution in [3.63, 3.8) is 0 Å². The average Bonchev–Trinajstić information content (AvgIpc) is 2.53. The molecule has 6 heteroatoms. The van der Waals surface area contributed by atoms with Gasteiger partial charge < -0.3 is 14.6 Å². The van der Waals surface area contributed by atoms with Crippen molar-refractivity contribution in [3.05, 3.63) is 58.1 Å². The largest absolute Gasteiger partial charge is 0.481 e. The van der Waals surface area contributed by atoms with Gasteiger partial charge in [-0.2, -0.15) is 0 Å². The van der Waals surface area contributed by atoms with Crippen LogP contribution in [-0.2, 0) is 10.2 Å². The highest BCUT2D eigenvalue weighted by Gasteiger charge is 2.16. The van der Waals surface area contributed by atoms with Gasteiger partial charge in [0, 0.05) is 0 Å². The van der Waals surface area contributed by atoms with Crippen LogP contribution in [-0.4, -0.2) is 23.7 Å². The molecule has 132 valence electrons. The Hall–Kier alpha value is -2.34. The Morgan fingerprint density at radius 2 is 1.84 bits per heavy atom. The second-order valence-corrected chi connectivity index (χ2v) is 7.35. The Balaban J connectivity index is 1.98. The number of halogens is 1. The molecular weight excluding hydrogens is 388 g/mol. The summed E-state index contributed by atoms with van der Waals surface area (Å²) in [6.45, 7) is 6.04. The van der Waals surface area contributed by atoms with Crippen molar-refractivity contribution in [3.8, 4) is 11.5 Å². The monoisotopic (exact) mass is 406 g/mol. The molecule has 0 fully saturated rings. The number of benzene rings is 2. The number of ether oxygens (including phenoxy) is 2. The summed E-state index contributed by atoms with van der Waals surface area (Å²) in [5.74, 6) is -1.01. The third kappa shape index (κ3) is 5.32. The minimum atomic E-state index is -1.09. The molecule has 0 saturated heterocycles. The van der Waals surface area contributed by atoms with Crippen molar-refractivity contribution in [2.45, 2.75) is 26.2 Å². The zero-order valence-electron chi connectivity index (χ0n) is 14.2. The van der Waals surface area contributed by atoms with Gasteiger partial charge in [0.15, 0.2) is 6.61 Å². The number of aromatic carboxylic acids is 1. The molecule has 2 aromatic carbocycles. The molecule has 25 heavy (non-hydrogen) atoms. The van der Waals surface area contributed by atoms with Crippen LogP contribution in [0.1, 0.15) is 36.7 Å². The van der Waals surface area contributed by atoms with E-state index in [2.05, 4.69) is 36.7 Å². The minimum Gasteiger partial charge on any atom is -0.481 e. The first-order chi connectivity index (χ1) is 11.7. The zero-order chi connectivity index (χ0) is 18.6. The number of carboxylic acid groups (broad SMARTS) is 1. The summed E-state index contributed by atoms with van der Waals surface area (Å²) in [6.07, 6.45) is 0. The van der Waals surface area contributed by atoms with E-state index < -0.39 is 11.9 Å². The zero-order valence-corrected chi connectivity index (χ0v) is 15.8. The molecule has 0 aliphatic carbocycles. The molecule has 0 radical (unpaired) electrons. The highest BCUT2D eigenvalue weighted by Crippen LogP contribution is 2.31. The summed E-state index contributed by atoms with van der Waals surface area (Å²) in [7, 11) is 0. The van der Waals surface area contributed by atoms with Gasteiger partial charge in [0.2, 0.25) is 0 Å². The predicted octanol–water partition coefficient (Wildman–Crippen LogP) is 4.43. The van der Waals surface area contributed by atoms with Crippen molar-refractivity contribution < 1.29 is 24.2 Å². The van der Waals surface area contributed by atoms with E-state index in [0.717, 1.165) is 10.0 Å². The number of carbonyl (C=O) groups is 2. The molecule has 5 nitrogen and oxygen atoms in total. The standard InChI is InChI=1S/C19H19BrO5/c1-19(2,3)13-7-8-16(15(20)10-13)24-11-17(21)25-14-6-4-5-12(9-14)18(22)23/h4-10H,11H2,1-3H3,(H,22,23). The van der Waals surface area contributed by atoms with Crippen LogP contribution in [0, 0.1) is 0 Å². The topological polar surface area (TPSA) is 72.8 Å². The molecule has 0 aliphatic rings. The minimum absolute atomic E-state index is 0.00907. The quantitative estimate of drug-likeness (QED) is 0.587. The van der Waals surface area contributed by atoms with Crippen molar-refractivity contribution in [1.82, 2.24) is 0 Å². The van der Waals surface area contributed by atoms with E-state index in [0.29, 0.717) is 5.75 Å². The molecule has 0 aromatic heterocycles. The Morgan fingerprint density at radius 3 is 2.44 bits per heavy atom. The van der Waals surface area contributed by atoms with Crippen LogP contribution in [0.15, 0.2) is 46.9 Å². The van der Waals surface area contributed by atoms with Gasteiger partial charge >= 0.3 is 11.9 Å². The van der Waals surface area contributed by atoms with Gasteiger partial charge in [0.1, 0.15) is 11.5 Å². The van der Waals surface area contributed by atoms with Gasteiger partial charge in [0.25, 0.3) is 0 Å². The molecule has 1 N–H and O–H groups in total. The van der Waals surface area contributed by atoms with Gasteiger partial charge in [-0.1, -0.05) is 32.9 Å². The second kappa shape index (κ2) is 7.70. The maximum atomic E-state index is 11.9. The van der Waals surface area contributed by atoms with Crippen molar-refractivity contribution >= 4 is 27.9 Å². The van der Waals surface area contributed by atoms with Gasteiger partial charge in [-0.05, 0) is 57.2 Å². The van der Waals surface area contributed by atoms with Crippen LogP contribution in [0.2, 0.25) is 0 Å². The van der Waals surface area contributed by atoms with Gasteiger partial charge in [-0.25, -0.2) is 9.59 Å². The summed E-state index contributed by atoms with van der Waals surface area (Å²) in [5, 5.41) is 8.94. The number of esters is 1. The van der Waals surface area contributed by atoms with Crippen LogP contribution >= 0.6 is 15.9 Å². The van der Waals surface area contributed by atoms with E-state index in [1.807, 2.05) is 12.1 Å². The van der Waals surface area contributed by atoms with Crippen molar-refractivity contribution in [2.75, 3.05) is 6.61 Å². The molecule has 0 unspecified atom stereocenters. The SMILES string of the molecule is CC(C)(C)c1ccc(OCC(=O)Oc2cccc(C(=O)O)c2)c(Br)c1. The van der Waals surface area contributed by atoms with Crippen LogP contribution < -0.4 is 9.47 Å². The van der Waals surface area contributed by atoms with E-state index in [1.165, 1.54) is 24.3 Å². The van der Waals surface area contributed by atoms with E-state index in [-0.39, 0.29) is 23.3 Å². The molecule has 0 atom stereocenters. The Bertz CT molecular complexity index is 793. The third-order valence-corrected chi connectivity index (χ3v) is 4.08. The van der Waals surface area contributed by atoms with Gasteiger partial charge in [-0.15, -0.1) is 0 Å². The molecule has 0 heterocycles. The predicted molar refractivity (Wildman–Crippen MR) is 97.4 cm³/mol. The molecule has 0 aliphatic heterocycles. The number of rotatable bonds is 5. The fourth-order valence-corrected chi connectivity index (χ4v) is 2.57. The van der Waals surface area contributed by atoms with Crippen LogP contribution in [0.5, 0.6) is 11.5 Å². The van der Waals surface area contributed by atoms with Crippen molar-refractivity contribution in [1.29, 1.82) is 0 Å². The van der Waals surface area contributed by atoms with E-state index in [1.54, 1.807) is 6.07 Å². The number of carbonyl (C=O) groups excluding carboxylic acids is 1. The van der Waals surface area contributed by atoms with Crippen LogP contribution in [0.4, 0.5) is 0 Å². The molecule has 2 rings (SSSR count). The van der Waals surface area contributed by atoms with Gasteiger partial charge in [-0.3, -0.25) is 0 Å². The number of carboxylic acids is 1. The third-order valence-electron chi connectivity index (χ3n) is 3.46. The molecule has 0 spiro atoms. The second-order valence-electron chi connectivity index (χ2n) is 6.49. The lowest BCUT2D eigenvalue weighted by molar-refractivity contribution is -0.136. The van der Waals surface area contributed by atoms with Gasteiger partial charge in [0.05, 0.1) is 10.0 Å². The summed E-state index contributed by atoms with van der Waals surface area (Å²) in [5.41, 5.74) is 1.20. The molecule has 0 bridgehead atoms. The fraction of sp³-hybridized carbons (Fsp3) is 0.263. The first-order valence-corrected chi connectivity index (χ1v) is 8.43.